The zero-order valence-corrected chi connectivity index (χ0v) is 16.1. The first-order chi connectivity index (χ1) is 14.1. The van der Waals surface area contributed by atoms with Gasteiger partial charge in [0.2, 0.25) is 5.82 Å². The van der Waals surface area contributed by atoms with Gasteiger partial charge >= 0.3 is 5.97 Å². The number of nitrogens with zero attached hydrogens (tertiary/aromatic N) is 6. The van der Waals surface area contributed by atoms with Crippen molar-refractivity contribution in [2.45, 2.75) is 26.5 Å². The Morgan fingerprint density at radius 3 is 2.72 bits per heavy atom. The largest absolute Gasteiger partial charge is 0.459 e. The van der Waals surface area contributed by atoms with E-state index in [1.807, 2.05) is 56.4 Å². The zero-order valence-electron chi connectivity index (χ0n) is 16.1. The summed E-state index contributed by atoms with van der Waals surface area (Å²) in [5.74, 6) is 0.0715. The number of tetrazole rings is 1. The molecule has 2 heterocycles. The molecule has 0 atom stereocenters. The van der Waals surface area contributed by atoms with Gasteiger partial charge in [-0.25, -0.2) is 9.48 Å². The summed E-state index contributed by atoms with van der Waals surface area (Å²) in [7, 11) is 0. The number of rotatable bonds is 6. The molecule has 0 N–H and O–H groups in total. The molecule has 0 amide bonds. The zero-order chi connectivity index (χ0) is 20.2. The van der Waals surface area contributed by atoms with Crippen molar-refractivity contribution in [1.29, 1.82) is 0 Å². The third-order valence-electron chi connectivity index (χ3n) is 4.13. The summed E-state index contributed by atoms with van der Waals surface area (Å²) in [4.78, 5) is 13.6. The summed E-state index contributed by atoms with van der Waals surface area (Å²) in [6, 6.07) is 16.9. The predicted octanol–water partition coefficient (Wildman–Crippen LogP) is 3.14. The first-order valence-corrected chi connectivity index (χ1v) is 9.27. The third kappa shape index (κ3) is 4.37. The van der Waals surface area contributed by atoms with Gasteiger partial charge in [-0.1, -0.05) is 30.3 Å². The van der Waals surface area contributed by atoms with Crippen LogP contribution in [0.2, 0.25) is 0 Å². The van der Waals surface area contributed by atoms with Crippen LogP contribution in [-0.2, 0) is 11.3 Å². The monoisotopic (exact) mass is 388 g/mol. The fourth-order valence-corrected chi connectivity index (χ4v) is 2.82. The number of benzene rings is 2. The molecule has 0 unspecified atom stereocenters. The Kier molecular flexibility index (Phi) is 5.15. The molecule has 0 aliphatic carbocycles. The normalized spacial score (nSPS) is 11.0. The molecular formula is C21H20N6O2. The first-order valence-electron chi connectivity index (χ1n) is 9.27. The van der Waals surface area contributed by atoms with E-state index in [4.69, 9.17) is 4.74 Å². The molecule has 0 aliphatic heterocycles. The van der Waals surface area contributed by atoms with Crippen molar-refractivity contribution in [3.8, 4) is 17.1 Å². The Labute approximate surface area is 167 Å². The Hall–Kier alpha value is -3.81. The average Bonchev–Trinajstić information content (AvgIpc) is 3.38. The SMILES string of the molecule is CC(C)OC(=O)c1cccc(-c2nnn(Cc3cnn(-c4ccccc4)c3)n2)c1. The van der Waals surface area contributed by atoms with Crippen LogP contribution >= 0.6 is 0 Å². The van der Waals surface area contributed by atoms with Crippen molar-refractivity contribution in [3.05, 3.63) is 78.1 Å². The topological polar surface area (TPSA) is 87.7 Å². The molecule has 2 aromatic heterocycles. The smallest absolute Gasteiger partial charge is 0.338 e. The number of carbonyl (C=O) groups excluding carboxylic acids is 1. The van der Waals surface area contributed by atoms with E-state index in [1.54, 1.807) is 29.1 Å². The lowest BCUT2D eigenvalue weighted by Gasteiger charge is -2.08. The number of ether oxygens (including phenoxy) is 1. The second kappa shape index (κ2) is 8.05. The van der Waals surface area contributed by atoms with E-state index in [2.05, 4.69) is 20.5 Å². The summed E-state index contributed by atoms with van der Waals surface area (Å²) in [5, 5.41) is 17.0. The van der Waals surface area contributed by atoms with Gasteiger partial charge in [-0.05, 0) is 43.3 Å². The van der Waals surface area contributed by atoms with Gasteiger partial charge in [0, 0.05) is 17.3 Å². The standard InChI is InChI=1S/C21H20N6O2/c1-15(2)29-21(28)18-8-6-7-17(11-18)20-23-25-27(24-20)14-16-12-22-26(13-16)19-9-4-3-5-10-19/h3-13,15H,14H2,1-2H3. The Morgan fingerprint density at radius 2 is 1.93 bits per heavy atom. The molecule has 0 aliphatic rings. The second-order valence-corrected chi connectivity index (χ2v) is 6.81. The van der Waals surface area contributed by atoms with Crippen LogP contribution in [0.5, 0.6) is 0 Å². The minimum atomic E-state index is -0.373. The molecule has 8 heteroatoms. The molecule has 29 heavy (non-hydrogen) atoms. The molecule has 0 bridgehead atoms. The molecule has 8 nitrogen and oxygen atoms in total. The highest BCUT2D eigenvalue weighted by Gasteiger charge is 2.13. The van der Waals surface area contributed by atoms with Crippen molar-refractivity contribution in [2.24, 2.45) is 0 Å². The molecule has 4 rings (SSSR count). The lowest BCUT2D eigenvalue weighted by atomic mass is 10.1. The van der Waals surface area contributed by atoms with E-state index in [9.17, 15) is 4.79 Å². The number of para-hydroxylation sites is 1. The summed E-state index contributed by atoms with van der Waals surface area (Å²) in [6.07, 6.45) is 3.53. The van der Waals surface area contributed by atoms with Crippen LogP contribution in [0.4, 0.5) is 0 Å². The van der Waals surface area contributed by atoms with Gasteiger partial charge in [-0.15, -0.1) is 10.2 Å². The minimum absolute atomic E-state index is 0.179. The summed E-state index contributed by atoms with van der Waals surface area (Å²) >= 11 is 0. The Morgan fingerprint density at radius 1 is 1.10 bits per heavy atom. The molecule has 0 saturated carbocycles. The van der Waals surface area contributed by atoms with Crippen molar-refractivity contribution < 1.29 is 9.53 Å². The van der Waals surface area contributed by atoms with Crippen LogP contribution in [0.1, 0.15) is 29.8 Å². The van der Waals surface area contributed by atoms with Gasteiger partial charge < -0.3 is 4.74 Å². The second-order valence-electron chi connectivity index (χ2n) is 6.81. The van der Waals surface area contributed by atoms with Gasteiger partial charge in [0.25, 0.3) is 0 Å². The van der Waals surface area contributed by atoms with Crippen LogP contribution < -0.4 is 0 Å². The van der Waals surface area contributed by atoms with Gasteiger partial charge in [0.1, 0.15) is 0 Å². The molecule has 4 aromatic rings. The fraction of sp³-hybridized carbons (Fsp3) is 0.190. The third-order valence-corrected chi connectivity index (χ3v) is 4.13. The minimum Gasteiger partial charge on any atom is -0.459 e. The van der Waals surface area contributed by atoms with Crippen LogP contribution in [0.25, 0.3) is 17.1 Å². The summed E-state index contributed by atoms with van der Waals surface area (Å²) < 4.78 is 7.04. The van der Waals surface area contributed by atoms with Gasteiger partial charge in [0.15, 0.2) is 0 Å². The Bertz CT molecular complexity index is 1120. The van der Waals surface area contributed by atoms with Gasteiger partial charge in [-0.2, -0.15) is 9.90 Å². The fourth-order valence-electron chi connectivity index (χ4n) is 2.82. The van der Waals surface area contributed by atoms with E-state index in [0.29, 0.717) is 23.5 Å². The van der Waals surface area contributed by atoms with Crippen LogP contribution in [0.3, 0.4) is 0 Å². The number of hydrogen-bond donors (Lipinski definition) is 0. The highest BCUT2D eigenvalue weighted by molar-refractivity contribution is 5.90. The number of carbonyl (C=O) groups is 1. The number of hydrogen-bond acceptors (Lipinski definition) is 6. The molecule has 0 radical (unpaired) electrons. The van der Waals surface area contributed by atoms with Crippen LogP contribution in [0.15, 0.2) is 67.0 Å². The molecule has 146 valence electrons. The van der Waals surface area contributed by atoms with Gasteiger partial charge in [0.05, 0.1) is 30.1 Å². The quantitative estimate of drug-likeness (QED) is 0.472. The summed E-state index contributed by atoms with van der Waals surface area (Å²) in [5.41, 5.74) is 3.09. The van der Waals surface area contributed by atoms with E-state index in [-0.39, 0.29) is 12.1 Å². The van der Waals surface area contributed by atoms with Crippen LogP contribution in [-0.4, -0.2) is 42.1 Å². The maximum Gasteiger partial charge on any atom is 0.338 e. The molecular weight excluding hydrogens is 368 g/mol. The average molecular weight is 388 g/mol. The molecule has 0 fully saturated rings. The summed E-state index contributed by atoms with van der Waals surface area (Å²) in [6.45, 7) is 4.07. The van der Waals surface area contributed by atoms with Crippen LogP contribution in [0, 0.1) is 0 Å². The number of esters is 1. The van der Waals surface area contributed by atoms with E-state index in [1.165, 1.54) is 4.80 Å². The van der Waals surface area contributed by atoms with E-state index < -0.39 is 0 Å². The number of aromatic nitrogens is 6. The highest BCUT2D eigenvalue weighted by atomic mass is 16.5. The first kappa shape index (κ1) is 18.5. The van der Waals surface area contributed by atoms with E-state index >= 15 is 0 Å². The Balaban J connectivity index is 1.49. The molecule has 0 spiro atoms. The lowest BCUT2D eigenvalue weighted by Crippen LogP contribution is -2.11. The van der Waals surface area contributed by atoms with Crippen molar-refractivity contribution >= 4 is 5.97 Å². The predicted molar refractivity (Wildman–Crippen MR) is 106 cm³/mol. The van der Waals surface area contributed by atoms with E-state index in [0.717, 1.165) is 11.3 Å². The van der Waals surface area contributed by atoms with Gasteiger partial charge in [-0.3, -0.25) is 0 Å². The van der Waals surface area contributed by atoms with Crippen molar-refractivity contribution in [3.63, 3.8) is 0 Å². The molecule has 2 aromatic carbocycles. The van der Waals surface area contributed by atoms with Crippen molar-refractivity contribution in [2.75, 3.05) is 0 Å². The molecule has 0 saturated heterocycles. The lowest BCUT2D eigenvalue weighted by molar-refractivity contribution is 0.0378. The van der Waals surface area contributed by atoms with Crippen molar-refractivity contribution in [1.82, 2.24) is 30.0 Å². The maximum atomic E-state index is 12.1. The highest BCUT2D eigenvalue weighted by Crippen LogP contribution is 2.17. The maximum absolute atomic E-state index is 12.1.